The molecule has 222 valence electrons. The van der Waals surface area contributed by atoms with Crippen molar-refractivity contribution in [2.45, 2.75) is 0 Å². The number of hydrogen-bond donors (Lipinski definition) is 0. The maximum Gasteiger partial charge on any atom is 0.160 e. The average molecular weight is 610 g/mol. The fraction of sp³-hybridized carbons (Fsp3) is 0. The van der Waals surface area contributed by atoms with Crippen molar-refractivity contribution in [3.63, 3.8) is 0 Å². The van der Waals surface area contributed by atoms with Crippen LogP contribution in [0.3, 0.4) is 0 Å². The zero-order valence-electron chi connectivity index (χ0n) is 25.9. The average Bonchev–Trinajstić information content (AvgIpc) is 3.50. The largest absolute Gasteiger partial charge is 0.228 e. The molecule has 0 aliphatic heterocycles. The smallest absolute Gasteiger partial charge is 0.160 e. The highest BCUT2D eigenvalue weighted by Gasteiger charge is 2.26. The molecule has 0 atom stereocenters. The third-order valence-electron chi connectivity index (χ3n) is 9.31. The first-order valence-corrected chi connectivity index (χ1v) is 16.1. The van der Waals surface area contributed by atoms with E-state index in [0.717, 1.165) is 50.3 Å². The summed E-state index contributed by atoms with van der Waals surface area (Å²) in [6.45, 7) is 0. The highest BCUT2D eigenvalue weighted by molar-refractivity contribution is 6.23. The lowest BCUT2D eigenvalue weighted by Crippen LogP contribution is -1.97. The van der Waals surface area contributed by atoms with Gasteiger partial charge in [0.1, 0.15) is 0 Å². The molecule has 0 saturated heterocycles. The van der Waals surface area contributed by atoms with Gasteiger partial charge in [0.05, 0.1) is 23.0 Å². The van der Waals surface area contributed by atoms with Crippen molar-refractivity contribution >= 4 is 10.8 Å². The number of hydrogen-bond acceptors (Lipinski definition) is 3. The first-order chi connectivity index (χ1) is 23.8. The molecule has 1 aliphatic carbocycles. The van der Waals surface area contributed by atoms with Crippen molar-refractivity contribution in [3.8, 4) is 84.5 Å². The molecule has 3 nitrogen and oxygen atoms in total. The van der Waals surface area contributed by atoms with Crippen LogP contribution in [0.25, 0.3) is 89.2 Å². The topological polar surface area (TPSA) is 49.6 Å². The Morgan fingerprint density at radius 3 is 1.40 bits per heavy atom. The van der Waals surface area contributed by atoms with E-state index < -0.39 is 0 Å². The lowest BCUT2D eigenvalue weighted by Gasteiger charge is -2.18. The van der Waals surface area contributed by atoms with Gasteiger partial charge in [-0.3, -0.25) is 0 Å². The molecule has 0 N–H and O–H groups in total. The van der Waals surface area contributed by atoms with Crippen LogP contribution >= 0.6 is 0 Å². The van der Waals surface area contributed by atoms with Crippen LogP contribution in [0.15, 0.2) is 164 Å². The molecule has 0 bridgehead atoms. The maximum absolute atomic E-state index is 9.51. The van der Waals surface area contributed by atoms with E-state index in [0.29, 0.717) is 11.4 Å². The van der Waals surface area contributed by atoms with Crippen molar-refractivity contribution in [3.05, 3.63) is 169 Å². The van der Waals surface area contributed by atoms with Gasteiger partial charge in [-0.2, -0.15) is 5.26 Å². The molecule has 7 aromatic carbocycles. The Kier molecular flexibility index (Phi) is 6.52. The Labute approximate surface area is 279 Å². The molecule has 0 amide bonds. The van der Waals surface area contributed by atoms with Gasteiger partial charge in [0, 0.05) is 16.7 Å². The van der Waals surface area contributed by atoms with Crippen LogP contribution in [-0.4, -0.2) is 9.97 Å². The quantitative estimate of drug-likeness (QED) is 0.195. The minimum absolute atomic E-state index is 0.648. The summed E-state index contributed by atoms with van der Waals surface area (Å²) in [6, 6.07) is 59.1. The minimum atomic E-state index is 0.648. The zero-order chi connectivity index (χ0) is 32.0. The molecule has 3 heteroatoms. The summed E-state index contributed by atoms with van der Waals surface area (Å²) in [4.78, 5) is 10.2. The van der Waals surface area contributed by atoms with E-state index in [-0.39, 0.29) is 0 Å². The van der Waals surface area contributed by atoms with Gasteiger partial charge in [-0.25, -0.2) is 9.97 Å². The Morgan fingerprint density at radius 2 is 0.812 bits per heavy atom. The molecule has 9 rings (SSSR count). The second-order valence-corrected chi connectivity index (χ2v) is 12.0. The number of nitrogens with zero attached hydrogens (tertiary/aromatic N) is 3. The Hall–Kier alpha value is -6.63. The van der Waals surface area contributed by atoms with E-state index in [9.17, 15) is 5.26 Å². The van der Waals surface area contributed by atoms with E-state index in [2.05, 4.69) is 121 Å². The number of aromatic nitrogens is 2. The van der Waals surface area contributed by atoms with Gasteiger partial charge in [-0.1, -0.05) is 146 Å². The van der Waals surface area contributed by atoms with Crippen LogP contribution in [0.5, 0.6) is 0 Å². The molecule has 1 aliphatic rings. The Balaban J connectivity index is 1.33. The molecule has 48 heavy (non-hydrogen) atoms. The normalized spacial score (nSPS) is 11.3. The van der Waals surface area contributed by atoms with Crippen LogP contribution in [0, 0.1) is 11.3 Å². The molecule has 0 saturated carbocycles. The van der Waals surface area contributed by atoms with Gasteiger partial charge in [0.25, 0.3) is 0 Å². The van der Waals surface area contributed by atoms with Gasteiger partial charge in [-0.15, -0.1) is 0 Å². The molecule has 1 aromatic heterocycles. The standard InChI is InChI=1S/C45H27N3/c46-28-29-19-21-30(22-20-29)33-23-24-38-34-15-7-8-16-35(34)39-25-26-40(43(33)44(38)39)36-17-9-10-18-37(36)42-27-41(31-11-3-1-4-12-31)47-45(48-42)32-13-5-2-6-14-32/h1-27H. The SMILES string of the molecule is N#Cc1ccc(-c2ccc3c4c(ccc(-c5ccccc5-c5cc(-c6ccccc6)nc(-c6ccccc6)n5)c24)-c2ccccc2-3)cc1. The number of fused-ring (bicyclic) bond motifs is 3. The number of benzene rings is 7. The molecule has 0 spiro atoms. The van der Waals surface area contributed by atoms with Crippen molar-refractivity contribution < 1.29 is 0 Å². The van der Waals surface area contributed by atoms with Crippen LogP contribution in [0.2, 0.25) is 0 Å². The zero-order valence-corrected chi connectivity index (χ0v) is 25.9. The molecule has 0 fully saturated rings. The Morgan fingerprint density at radius 1 is 0.354 bits per heavy atom. The van der Waals surface area contributed by atoms with Gasteiger partial charge in [0.2, 0.25) is 0 Å². The lowest BCUT2D eigenvalue weighted by molar-refractivity contribution is 1.18. The van der Waals surface area contributed by atoms with Crippen LogP contribution in [0.1, 0.15) is 5.56 Å². The van der Waals surface area contributed by atoms with Gasteiger partial charge < -0.3 is 0 Å². The first-order valence-electron chi connectivity index (χ1n) is 16.1. The van der Waals surface area contributed by atoms with Gasteiger partial charge >= 0.3 is 0 Å². The monoisotopic (exact) mass is 609 g/mol. The molecule has 1 heterocycles. The summed E-state index contributed by atoms with van der Waals surface area (Å²) < 4.78 is 0. The van der Waals surface area contributed by atoms with Crippen molar-refractivity contribution in [1.29, 1.82) is 5.26 Å². The lowest BCUT2D eigenvalue weighted by atomic mass is 9.86. The van der Waals surface area contributed by atoms with Crippen LogP contribution < -0.4 is 0 Å². The Bertz CT molecular complexity index is 2460. The third-order valence-corrected chi connectivity index (χ3v) is 9.31. The van der Waals surface area contributed by atoms with Gasteiger partial charge in [0.15, 0.2) is 5.82 Å². The number of rotatable bonds is 5. The second-order valence-electron chi connectivity index (χ2n) is 12.0. The van der Waals surface area contributed by atoms with Crippen LogP contribution in [-0.2, 0) is 0 Å². The molecule has 8 aromatic rings. The fourth-order valence-corrected chi connectivity index (χ4v) is 7.09. The second kappa shape index (κ2) is 11.3. The van der Waals surface area contributed by atoms with Crippen molar-refractivity contribution in [1.82, 2.24) is 9.97 Å². The van der Waals surface area contributed by atoms with E-state index in [1.165, 1.54) is 33.0 Å². The van der Waals surface area contributed by atoms with Gasteiger partial charge in [-0.05, 0) is 73.5 Å². The van der Waals surface area contributed by atoms with Crippen LogP contribution in [0.4, 0.5) is 0 Å². The first kappa shape index (κ1) is 27.7. The highest BCUT2D eigenvalue weighted by Crippen LogP contribution is 2.52. The molecule has 0 unspecified atom stereocenters. The predicted molar refractivity (Wildman–Crippen MR) is 196 cm³/mol. The molecule has 0 radical (unpaired) electrons. The highest BCUT2D eigenvalue weighted by atomic mass is 14.9. The fourth-order valence-electron chi connectivity index (χ4n) is 7.09. The van der Waals surface area contributed by atoms with Crippen molar-refractivity contribution in [2.75, 3.05) is 0 Å². The predicted octanol–water partition coefficient (Wildman–Crippen LogP) is 11.5. The van der Waals surface area contributed by atoms with E-state index in [1.807, 2.05) is 48.5 Å². The summed E-state index contributed by atoms with van der Waals surface area (Å²) in [7, 11) is 0. The summed E-state index contributed by atoms with van der Waals surface area (Å²) in [5.41, 5.74) is 14.9. The maximum atomic E-state index is 9.51. The summed E-state index contributed by atoms with van der Waals surface area (Å²) in [6.07, 6.45) is 0. The summed E-state index contributed by atoms with van der Waals surface area (Å²) in [5, 5.41) is 12.0. The molecular formula is C45H27N3. The van der Waals surface area contributed by atoms with E-state index in [1.54, 1.807) is 0 Å². The molecular weight excluding hydrogens is 583 g/mol. The summed E-state index contributed by atoms with van der Waals surface area (Å²) in [5.74, 6) is 0.691. The number of nitriles is 1. The van der Waals surface area contributed by atoms with E-state index >= 15 is 0 Å². The summed E-state index contributed by atoms with van der Waals surface area (Å²) >= 11 is 0. The van der Waals surface area contributed by atoms with E-state index in [4.69, 9.17) is 9.97 Å². The minimum Gasteiger partial charge on any atom is -0.228 e. The van der Waals surface area contributed by atoms with Crippen molar-refractivity contribution in [2.24, 2.45) is 0 Å². The third kappa shape index (κ3) is 4.51.